The first-order valence-corrected chi connectivity index (χ1v) is 13.0. The summed E-state index contributed by atoms with van der Waals surface area (Å²) in [6, 6.07) is 8.03. The first-order chi connectivity index (χ1) is 19.0. The maximum Gasteiger partial charge on any atom is 0.329 e. The van der Waals surface area contributed by atoms with Crippen LogP contribution in [0.4, 0.5) is 14.5 Å². The summed E-state index contributed by atoms with van der Waals surface area (Å²) >= 11 is -2.91. The molecule has 2 N–H and O–H groups in total. The van der Waals surface area contributed by atoms with Crippen molar-refractivity contribution in [3.8, 4) is 5.69 Å². The Bertz CT molecular complexity index is 1670. The zero-order valence-electron chi connectivity index (χ0n) is 21.5. The monoisotopic (exact) mass is 572 g/mol. The molecule has 0 radical (unpaired) electrons. The number of nitrogens with zero attached hydrogens (tertiary/aromatic N) is 3. The molecule has 0 fully saturated rings. The van der Waals surface area contributed by atoms with E-state index in [4.69, 9.17) is 4.74 Å². The van der Waals surface area contributed by atoms with Gasteiger partial charge in [-0.25, -0.2) is 18.3 Å². The summed E-state index contributed by atoms with van der Waals surface area (Å²) < 4.78 is 60.4. The molecule has 2 aromatic heterocycles. The minimum Gasteiger partial charge on any atom is -0.755 e. The molecule has 2 aromatic carbocycles. The van der Waals surface area contributed by atoms with Crippen LogP contribution in [0.25, 0.3) is 16.6 Å². The number of esters is 1. The van der Waals surface area contributed by atoms with Crippen molar-refractivity contribution in [2.24, 2.45) is 7.05 Å². The van der Waals surface area contributed by atoms with Gasteiger partial charge in [0.25, 0.3) is 11.5 Å². The molecule has 1 amide bonds. The molecule has 0 saturated heterocycles. The summed E-state index contributed by atoms with van der Waals surface area (Å²) in [6.45, 7) is 3.23. The number of halogens is 2. The van der Waals surface area contributed by atoms with Gasteiger partial charge in [-0.1, -0.05) is 12.1 Å². The zero-order valence-corrected chi connectivity index (χ0v) is 22.3. The van der Waals surface area contributed by atoms with Gasteiger partial charge in [0.15, 0.2) is 0 Å². The highest BCUT2D eigenvalue weighted by Crippen LogP contribution is 2.21. The number of aromatic nitrogens is 3. The maximum absolute atomic E-state index is 14.5. The normalized spacial score (nSPS) is 12.8. The highest BCUT2D eigenvalue weighted by atomic mass is 32.2. The summed E-state index contributed by atoms with van der Waals surface area (Å²) in [5.41, 5.74) is 0.108. The largest absolute Gasteiger partial charge is 0.755 e. The molecule has 2 heterocycles. The lowest BCUT2D eigenvalue weighted by Gasteiger charge is -2.20. The smallest absolute Gasteiger partial charge is 0.329 e. The molecule has 2 atom stereocenters. The van der Waals surface area contributed by atoms with E-state index in [0.29, 0.717) is 34.3 Å². The summed E-state index contributed by atoms with van der Waals surface area (Å²) in [6.07, 6.45) is 2.53. The van der Waals surface area contributed by atoms with Gasteiger partial charge in [-0.05, 0) is 43.7 Å². The SMILES string of the molecule is CC(C)OC(=O)[C@H](Cc1ccc(-n2c(=O)c3ccncc3n2C)cc1)NC(=O)c1cc(F)c(NS(=O)[O-])cc1F. The van der Waals surface area contributed by atoms with Crippen LogP contribution in [-0.2, 0) is 34.3 Å². The Labute approximate surface area is 229 Å². The number of nitrogens with one attached hydrogen (secondary N) is 2. The highest BCUT2D eigenvalue weighted by Gasteiger charge is 2.26. The Morgan fingerprint density at radius 1 is 1.12 bits per heavy atom. The third-order valence-electron chi connectivity index (χ3n) is 5.93. The van der Waals surface area contributed by atoms with Gasteiger partial charge >= 0.3 is 5.97 Å². The maximum atomic E-state index is 14.5. The zero-order chi connectivity index (χ0) is 29.1. The molecular formula is C26H24F2N5O6S-. The molecule has 0 aliphatic rings. The first-order valence-electron chi connectivity index (χ1n) is 11.9. The van der Waals surface area contributed by atoms with E-state index in [0.717, 1.165) is 0 Å². The fraction of sp³-hybridized carbons (Fsp3) is 0.231. The standard InChI is InChI=1S/C26H25F2N5O6S/c1-14(2)39-26(36)22(30-24(34)18-11-20(28)21(12-19(18)27)31-40(37)38)10-15-4-6-16(7-5-15)33-25(35)17-8-9-29-13-23(17)32(33)3/h4-9,11-14,22,31H,10H2,1-3H3,(H,30,34)(H,37,38)/p-1/t22-/m0/s1. The summed E-state index contributed by atoms with van der Waals surface area (Å²) in [5.74, 6) is -4.30. The number of anilines is 1. The molecule has 1 unspecified atom stereocenters. The van der Waals surface area contributed by atoms with E-state index < -0.39 is 58.2 Å². The molecule has 0 spiro atoms. The number of rotatable bonds is 9. The molecule has 40 heavy (non-hydrogen) atoms. The van der Waals surface area contributed by atoms with Crippen LogP contribution in [0.2, 0.25) is 0 Å². The van der Waals surface area contributed by atoms with Crippen molar-refractivity contribution in [2.45, 2.75) is 32.4 Å². The van der Waals surface area contributed by atoms with E-state index in [-0.39, 0.29) is 12.0 Å². The van der Waals surface area contributed by atoms with Crippen molar-refractivity contribution in [2.75, 3.05) is 4.72 Å². The first kappa shape index (κ1) is 28.6. The lowest BCUT2D eigenvalue weighted by atomic mass is 10.0. The third kappa shape index (κ3) is 6.07. The molecule has 4 aromatic rings. The number of carbonyl (C=O) groups is 2. The van der Waals surface area contributed by atoms with Crippen LogP contribution in [0.15, 0.2) is 59.7 Å². The van der Waals surface area contributed by atoms with Crippen LogP contribution in [0.1, 0.15) is 29.8 Å². The number of amides is 1. The summed E-state index contributed by atoms with van der Waals surface area (Å²) in [7, 11) is 1.72. The van der Waals surface area contributed by atoms with Crippen molar-refractivity contribution in [3.05, 3.63) is 88.0 Å². The number of carbonyl (C=O) groups excluding carboxylic acids is 2. The molecule has 11 nitrogen and oxygen atoms in total. The van der Waals surface area contributed by atoms with Gasteiger partial charge in [0.05, 0.1) is 40.1 Å². The van der Waals surface area contributed by atoms with Crippen LogP contribution < -0.4 is 15.6 Å². The summed E-state index contributed by atoms with van der Waals surface area (Å²) in [5, 5.41) is 2.86. The molecular weight excluding hydrogens is 548 g/mol. The average molecular weight is 573 g/mol. The number of hydrogen-bond donors (Lipinski definition) is 2. The molecule has 0 aliphatic carbocycles. The van der Waals surface area contributed by atoms with E-state index >= 15 is 0 Å². The minimum absolute atomic E-state index is 0.0651. The second-order valence-electron chi connectivity index (χ2n) is 9.06. The van der Waals surface area contributed by atoms with Crippen LogP contribution in [0, 0.1) is 11.6 Å². The van der Waals surface area contributed by atoms with Crippen molar-refractivity contribution in [1.82, 2.24) is 19.7 Å². The quantitative estimate of drug-likeness (QED) is 0.231. The van der Waals surface area contributed by atoms with Crippen LogP contribution >= 0.6 is 0 Å². The minimum atomic E-state index is -2.91. The van der Waals surface area contributed by atoms with E-state index in [1.165, 1.54) is 10.9 Å². The van der Waals surface area contributed by atoms with Gasteiger partial charge in [0, 0.05) is 37.0 Å². The van der Waals surface area contributed by atoms with Crippen molar-refractivity contribution in [1.29, 1.82) is 0 Å². The molecule has 0 bridgehead atoms. The third-order valence-corrected chi connectivity index (χ3v) is 6.32. The Morgan fingerprint density at radius 3 is 2.45 bits per heavy atom. The number of aryl methyl sites for hydroxylation is 1. The Hall–Kier alpha value is -4.43. The second kappa shape index (κ2) is 11.8. The van der Waals surface area contributed by atoms with Crippen molar-refractivity contribution < 1.29 is 31.9 Å². The molecule has 0 saturated carbocycles. The van der Waals surface area contributed by atoms with Crippen LogP contribution in [0.3, 0.4) is 0 Å². The van der Waals surface area contributed by atoms with Crippen molar-refractivity contribution in [3.63, 3.8) is 0 Å². The second-order valence-corrected chi connectivity index (χ2v) is 9.74. The van der Waals surface area contributed by atoms with Crippen molar-refractivity contribution >= 4 is 39.7 Å². The fourth-order valence-corrected chi connectivity index (χ4v) is 4.45. The highest BCUT2D eigenvalue weighted by molar-refractivity contribution is 7.80. The van der Waals surface area contributed by atoms with Gasteiger partial charge in [-0.3, -0.25) is 23.5 Å². The Balaban J connectivity index is 1.59. The number of hydrogen-bond acceptors (Lipinski definition) is 7. The van der Waals surface area contributed by atoms with Gasteiger partial charge in [0.2, 0.25) is 0 Å². The number of benzene rings is 2. The van der Waals surface area contributed by atoms with Gasteiger partial charge in [-0.15, -0.1) is 0 Å². The molecule has 4 rings (SSSR count). The van der Waals surface area contributed by atoms with Gasteiger partial charge in [0.1, 0.15) is 17.7 Å². The van der Waals surface area contributed by atoms with E-state index in [1.54, 1.807) is 66.8 Å². The number of ether oxygens (including phenoxy) is 1. The van der Waals surface area contributed by atoms with E-state index in [9.17, 15) is 31.9 Å². The Kier molecular flexibility index (Phi) is 8.40. The topological polar surface area (TPSA) is 147 Å². The number of fused-ring (bicyclic) bond motifs is 1. The summed E-state index contributed by atoms with van der Waals surface area (Å²) in [4.78, 5) is 42.6. The van der Waals surface area contributed by atoms with Gasteiger partial charge in [-0.2, -0.15) is 0 Å². The number of pyridine rings is 1. The van der Waals surface area contributed by atoms with Crippen LogP contribution in [-0.4, -0.2) is 47.1 Å². The fourth-order valence-electron chi connectivity index (χ4n) is 4.11. The molecule has 210 valence electrons. The average Bonchev–Trinajstić information content (AvgIpc) is 3.15. The van der Waals surface area contributed by atoms with Gasteiger partial charge < -0.3 is 19.3 Å². The predicted molar refractivity (Wildman–Crippen MR) is 141 cm³/mol. The predicted octanol–water partition coefficient (Wildman–Crippen LogP) is 2.50. The van der Waals surface area contributed by atoms with E-state index in [1.807, 2.05) is 0 Å². The lowest BCUT2D eigenvalue weighted by Crippen LogP contribution is -2.44. The molecule has 0 aliphatic heterocycles. The Morgan fingerprint density at radius 2 is 1.82 bits per heavy atom. The molecule has 14 heteroatoms. The van der Waals surface area contributed by atoms with E-state index in [2.05, 4.69) is 10.3 Å². The van der Waals surface area contributed by atoms with Crippen LogP contribution in [0.5, 0.6) is 0 Å². The lowest BCUT2D eigenvalue weighted by molar-refractivity contribution is -0.149.